The van der Waals surface area contributed by atoms with Gasteiger partial charge in [-0.3, -0.25) is 4.79 Å². The first kappa shape index (κ1) is 19.7. The minimum Gasteiger partial charge on any atom is -0.453 e. The number of pyridine rings is 1. The van der Waals surface area contributed by atoms with Gasteiger partial charge in [0.2, 0.25) is 0 Å². The summed E-state index contributed by atoms with van der Waals surface area (Å²) in [6, 6.07) is 6.54. The zero-order chi connectivity index (χ0) is 19.8. The molecule has 140 valence electrons. The molecule has 0 bridgehead atoms. The van der Waals surface area contributed by atoms with Crippen LogP contribution < -0.4 is 10.3 Å². The van der Waals surface area contributed by atoms with E-state index in [9.17, 15) is 18.0 Å². The van der Waals surface area contributed by atoms with E-state index in [1.54, 1.807) is 18.2 Å². The standard InChI is InChI=1S/C16H7BrCl2F3N3O2/c17-10-5-9(18)2-3-11(10)27-12-7-24-25(15(26)14(12)19)13-4-1-8(6-23-13)16(20,21)22/h1-7H. The van der Waals surface area contributed by atoms with Crippen molar-refractivity contribution in [3.63, 3.8) is 0 Å². The third kappa shape index (κ3) is 4.26. The molecule has 0 spiro atoms. The molecule has 1 aromatic carbocycles. The molecule has 0 fully saturated rings. The fraction of sp³-hybridized carbons (Fsp3) is 0.0625. The van der Waals surface area contributed by atoms with Gasteiger partial charge in [0.25, 0.3) is 5.56 Å². The Morgan fingerprint density at radius 1 is 1.07 bits per heavy atom. The summed E-state index contributed by atoms with van der Waals surface area (Å²) < 4.78 is 44.7. The molecule has 0 aliphatic carbocycles. The predicted molar refractivity (Wildman–Crippen MR) is 96.9 cm³/mol. The van der Waals surface area contributed by atoms with E-state index in [0.29, 0.717) is 21.4 Å². The summed E-state index contributed by atoms with van der Waals surface area (Å²) >= 11 is 15.2. The third-order valence-corrected chi connectivity index (χ3v) is 4.50. The lowest BCUT2D eigenvalue weighted by atomic mass is 10.3. The highest BCUT2D eigenvalue weighted by Gasteiger charge is 2.30. The molecule has 0 unspecified atom stereocenters. The van der Waals surface area contributed by atoms with Crippen LogP contribution in [0.3, 0.4) is 0 Å². The first-order valence-corrected chi connectivity index (χ1v) is 8.66. The van der Waals surface area contributed by atoms with Crippen molar-refractivity contribution in [2.75, 3.05) is 0 Å². The molecule has 2 aromatic heterocycles. The number of hydrogen-bond acceptors (Lipinski definition) is 4. The van der Waals surface area contributed by atoms with Crippen molar-refractivity contribution >= 4 is 39.1 Å². The number of nitrogens with zero attached hydrogens (tertiary/aromatic N) is 3. The van der Waals surface area contributed by atoms with Crippen molar-refractivity contribution in [3.05, 3.63) is 73.2 Å². The van der Waals surface area contributed by atoms with Crippen LogP contribution in [0.15, 0.2) is 52.0 Å². The monoisotopic (exact) mass is 479 g/mol. The molecule has 0 N–H and O–H groups in total. The van der Waals surface area contributed by atoms with Crippen LogP contribution in [-0.2, 0) is 6.18 Å². The van der Waals surface area contributed by atoms with Crippen molar-refractivity contribution in [1.29, 1.82) is 0 Å². The van der Waals surface area contributed by atoms with E-state index in [-0.39, 0.29) is 16.6 Å². The van der Waals surface area contributed by atoms with Crippen LogP contribution >= 0.6 is 39.1 Å². The van der Waals surface area contributed by atoms with Crippen molar-refractivity contribution in [3.8, 4) is 17.3 Å². The van der Waals surface area contributed by atoms with Crippen LogP contribution in [0.4, 0.5) is 13.2 Å². The quantitative estimate of drug-likeness (QED) is 0.496. The van der Waals surface area contributed by atoms with Crippen LogP contribution in [0.2, 0.25) is 10.0 Å². The van der Waals surface area contributed by atoms with Crippen LogP contribution in [-0.4, -0.2) is 14.8 Å². The molecule has 0 radical (unpaired) electrons. The summed E-state index contributed by atoms with van der Waals surface area (Å²) in [6.07, 6.45) is -2.78. The lowest BCUT2D eigenvalue weighted by molar-refractivity contribution is -0.137. The highest BCUT2D eigenvalue weighted by atomic mass is 79.9. The second kappa shape index (κ2) is 7.49. The summed E-state index contributed by atoms with van der Waals surface area (Å²) in [4.78, 5) is 16.0. The maximum Gasteiger partial charge on any atom is 0.417 e. The van der Waals surface area contributed by atoms with Crippen molar-refractivity contribution in [2.45, 2.75) is 6.18 Å². The smallest absolute Gasteiger partial charge is 0.417 e. The van der Waals surface area contributed by atoms with Crippen LogP contribution in [0.5, 0.6) is 11.5 Å². The van der Waals surface area contributed by atoms with Gasteiger partial charge in [-0.15, -0.1) is 0 Å². The molecular formula is C16H7BrCl2F3N3O2. The summed E-state index contributed by atoms with van der Waals surface area (Å²) in [5, 5.41) is 4.02. The molecule has 3 rings (SSSR count). The third-order valence-electron chi connectivity index (χ3n) is 3.29. The number of rotatable bonds is 3. The molecule has 0 amide bonds. The maximum atomic E-state index is 12.6. The number of benzene rings is 1. The Morgan fingerprint density at radius 2 is 1.81 bits per heavy atom. The molecular weight excluding hydrogens is 474 g/mol. The fourth-order valence-electron chi connectivity index (χ4n) is 2.01. The van der Waals surface area contributed by atoms with Gasteiger partial charge in [0.1, 0.15) is 5.75 Å². The molecule has 27 heavy (non-hydrogen) atoms. The molecule has 3 aromatic rings. The number of alkyl halides is 3. The lowest BCUT2D eigenvalue weighted by Gasteiger charge is -2.11. The highest BCUT2D eigenvalue weighted by Crippen LogP contribution is 2.33. The van der Waals surface area contributed by atoms with Crippen molar-refractivity contribution in [2.24, 2.45) is 0 Å². The normalized spacial score (nSPS) is 11.5. The predicted octanol–water partition coefficient (Wildman–Crippen LogP) is 5.51. The SMILES string of the molecule is O=c1c(Cl)c(Oc2ccc(Cl)cc2Br)cnn1-c1ccc(C(F)(F)F)cn1. The number of hydrogen-bond donors (Lipinski definition) is 0. The van der Waals surface area contributed by atoms with Gasteiger partial charge in [0.15, 0.2) is 16.6 Å². The minimum atomic E-state index is -4.54. The molecule has 0 aliphatic rings. The fourth-order valence-corrected chi connectivity index (χ4v) is 2.94. The van der Waals surface area contributed by atoms with Crippen molar-refractivity contribution in [1.82, 2.24) is 14.8 Å². The Hall–Kier alpha value is -2.10. The average molecular weight is 481 g/mol. The summed E-state index contributed by atoms with van der Waals surface area (Å²) in [7, 11) is 0. The summed E-state index contributed by atoms with van der Waals surface area (Å²) in [6.45, 7) is 0. The molecule has 0 atom stereocenters. The first-order valence-electron chi connectivity index (χ1n) is 7.11. The Bertz CT molecular complexity index is 1060. The largest absolute Gasteiger partial charge is 0.453 e. The lowest BCUT2D eigenvalue weighted by Crippen LogP contribution is -2.23. The Balaban J connectivity index is 1.94. The first-order chi connectivity index (χ1) is 12.7. The summed E-state index contributed by atoms with van der Waals surface area (Å²) in [5.41, 5.74) is -1.75. The molecule has 5 nitrogen and oxygen atoms in total. The van der Waals surface area contributed by atoms with Crippen molar-refractivity contribution < 1.29 is 17.9 Å². The van der Waals surface area contributed by atoms with Crippen LogP contribution in [0, 0.1) is 0 Å². The Kier molecular flexibility index (Phi) is 5.45. The van der Waals surface area contributed by atoms with Gasteiger partial charge in [-0.1, -0.05) is 23.2 Å². The molecule has 2 heterocycles. The van der Waals surface area contributed by atoms with Gasteiger partial charge < -0.3 is 4.74 Å². The molecule has 0 saturated carbocycles. The van der Waals surface area contributed by atoms with Gasteiger partial charge in [0, 0.05) is 11.2 Å². The van der Waals surface area contributed by atoms with E-state index >= 15 is 0 Å². The van der Waals surface area contributed by atoms with Crippen LogP contribution in [0.25, 0.3) is 5.82 Å². The van der Waals surface area contributed by atoms with E-state index in [0.717, 1.165) is 23.0 Å². The second-order valence-corrected chi connectivity index (χ2v) is 6.79. The van der Waals surface area contributed by atoms with Gasteiger partial charge in [-0.2, -0.15) is 23.0 Å². The molecule has 11 heteroatoms. The zero-order valence-electron chi connectivity index (χ0n) is 13.0. The van der Waals surface area contributed by atoms with E-state index in [4.69, 9.17) is 27.9 Å². The molecule has 0 aliphatic heterocycles. The number of aromatic nitrogens is 3. The summed E-state index contributed by atoms with van der Waals surface area (Å²) in [5.74, 6) is 0.190. The Morgan fingerprint density at radius 3 is 2.41 bits per heavy atom. The van der Waals surface area contributed by atoms with Gasteiger partial charge in [0.05, 0.1) is 16.2 Å². The maximum absolute atomic E-state index is 12.6. The van der Waals surface area contributed by atoms with Gasteiger partial charge in [-0.05, 0) is 46.3 Å². The Labute approximate surface area is 168 Å². The second-order valence-electron chi connectivity index (χ2n) is 5.12. The van der Waals surface area contributed by atoms with Gasteiger partial charge >= 0.3 is 6.18 Å². The average Bonchev–Trinajstić information content (AvgIpc) is 2.60. The van der Waals surface area contributed by atoms with E-state index in [1.165, 1.54) is 0 Å². The number of ether oxygens (including phenoxy) is 1. The number of halogens is 6. The van der Waals surface area contributed by atoms with E-state index < -0.39 is 17.3 Å². The minimum absolute atomic E-state index is 0.0344. The van der Waals surface area contributed by atoms with Crippen LogP contribution in [0.1, 0.15) is 5.56 Å². The van der Waals surface area contributed by atoms with Gasteiger partial charge in [-0.25, -0.2) is 4.98 Å². The van der Waals surface area contributed by atoms with E-state index in [1.807, 2.05) is 0 Å². The van der Waals surface area contributed by atoms with E-state index in [2.05, 4.69) is 26.0 Å². The zero-order valence-corrected chi connectivity index (χ0v) is 16.1. The molecule has 0 saturated heterocycles. The topological polar surface area (TPSA) is 57.0 Å². The highest BCUT2D eigenvalue weighted by molar-refractivity contribution is 9.10.